The molecule has 29 heavy (non-hydrogen) atoms. The Morgan fingerprint density at radius 1 is 1.10 bits per heavy atom. The van der Waals surface area contributed by atoms with Crippen LogP contribution in [0.3, 0.4) is 0 Å². The fourth-order valence-corrected chi connectivity index (χ4v) is 4.07. The number of carbonyl (C=O) groups excluding carboxylic acids is 1. The Bertz CT molecular complexity index is 1180. The third-order valence-electron chi connectivity index (χ3n) is 5.11. The number of rotatable bonds is 4. The normalized spacial score (nSPS) is 15.7. The minimum Gasteiger partial charge on any atom is -0.507 e. The molecule has 1 atom stereocenters. The largest absolute Gasteiger partial charge is 0.507 e. The van der Waals surface area contributed by atoms with E-state index in [-0.39, 0.29) is 17.7 Å². The Balaban J connectivity index is 1.68. The molecule has 4 aromatic rings. The number of aromatic nitrogens is 2. The number of benzene rings is 2. The highest BCUT2D eigenvalue weighted by atomic mass is 79.9. The molecule has 3 heterocycles. The van der Waals surface area contributed by atoms with E-state index >= 15 is 0 Å². The molecule has 6 nitrogen and oxygen atoms in total. The second kappa shape index (κ2) is 6.93. The summed E-state index contributed by atoms with van der Waals surface area (Å²) in [6, 6.07) is 18.2. The molecule has 0 saturated carbocycles. The van der Waals surface area contributed by atoms with E-state index in [1.807, 2.05) is 36.4 Å². The minimum absolute atomic E-state index is 0.119. The molecule has 1 aliphatic rings. The number of hydrogen-bond donors (Lipinski definition) is 2. The zero-order valence-electron chi connectivity index (χ0n) is 15.2. The topological polar surface area (TPSA) is 82.4 Å². The van der Waals surface area contributed by atoms with Crippen LogP contribution in [0.15, 0.2) is 75.8 Å². The van der Waals surface area contributed by atoms with Crippen LogP contribution in [0.25, 0.3) is 11.3 Å². The van der Waals surface area contributed by atoms with Crippen molar-refractivity contribution in [2.45, 2.75) is 12.6 Å². The van der Waals surface area contributed by atoms with Gasteiger partial charge in [-0.1, -0.05) is 40.2 Å². The molecule has 0 radical (unpaired) electrons. The van der Waals surface area contributed by atoms with Crippen molar-refractivity contribution in [3.05, 3.63) is 94.0 Å². The fourth-order valence-electron chi connectivity index (χ4n) is 3.80. The van der Waals surface area contributed by atoms with Crippen LogP contribution in [0.2, 0.25) is 0 Å². The maximum atomic E-state index is 13.2. The number of nitrogens with zero attached hydrogens (tertiary/aromatic N) is 2. The Morgan fingerprint density at radius 2 is 1.90 bits per heavy atom. The quantitative estimate of drug-likeness (QED) is 0.464. The van der Waals surface area contributed by atoms with E-state index < -0.39 is 0 Å². The van der Waals surface area contributed by atoms with Gasteiger partial charge in [-0.15, -0.1) is 0 Å². The van der Waals surface area contributed by atoms with Gasteiger partial charge in [0.25, 0.3) is 5.91 Å². The number of halogens is 1. The van der Waals surface area contributed by atoms with Crippen molar-refractivity contribution in [2.75, 3.05) is 0 Å². The first kappa shape index (κ1) is 17.8. The first-order valence-corrected chi connectivity index (χ1v) is 9.88. The first-order chi connectivity index (χ1) is 14.1. The van der Waals surface area contributed by atoms with Gasteiger partial charge < -0.3 is 14.4 Å². The Hall–Kier alpha value is -3.32. The lowest BCUT2D eigenvalue weighted by molar-refractivity contribution is 0.0717. The van der Waals surface area contributed by atoms with E-state index in [4.69, 9.17) is 4.42 Å². The maximum absolute atomic E-state index is 13.2. The molecule has 2 aromatic carbocycles. The number of phenols is 1. The lowest BCUT2D eigenvalue weighted by atomic mass is 9.96. The summed E-state index contributed by atoms with van der Waals surface area (Å²) in [6.07, 6.45) is 1.60. The standard InChI is InChI=1S/C22H16BrN3O3/c23-14-9-7-13(8-10-14)21-18-19(16-5-1-2-6-17(16)27)24-25-20(18)22(28)26(21)12-15-4-3-11-29-15/h1-11,21,27H,12H2,(H,24,25)/t21-/m0/s1. The highest BCUT2D eigenvalue weighted by Gasteiger charge is 2.42. The average molecular weight is 450 g/mol. The third-order valence-corrected chi connectivity index (χ3v) is 5.64. The Morgan fingerprint density at radius 3 is 2.62 bits per heavy atom. The highest BCUT2D eigenvalue weighted by Crippen LogP contribution is 2.45. The Kier molecular flexibility index (Phi) is 4.24. The first-order valence-electron chi connectivity index (χ1n) is 9.09. The molecule has 1 aliphatic heterocycles. The molecule has 2 aromatic heterocycles. The van der Waals surface area contributed by atoms with Gasteiger partial charge >= 0.3 is 0 Å². The van der Waals surface area contributed by atoms with E-state index in [1.165, 1.54) is 0 Å². The summed E-state index contributed by atoms with van der Waals surface area (Å²) in [4.78, 5) is 15.0. The average Bonchev–Trinajstić information content (AvgIpc) is 3.44. The molecule has 0 bridgehead atoms. The molecule has 0 aliphatic carbocycles. The van der Waals surface area contributed by atoms with Crippen molar-refractivity contribution < 1.29 is 14.3 Å². The molecule has 0 saturated heterocycles. The van der Waals surface area contributed by atoms with Gasteiger partial charge in [0.05, 0.1) is 18.8 Å². The summed E-state index contributed by atoms with van der Waals surface area (Å²) in [5.74, 6) is 0.662. The number of H-pyrrole nitrogens is 1. The molecule has 7 heteroatoms. The van der Waals surface area contributed by atoms with Crippen LogP contribution in [0.1, 0.15) is 33.4 Å². The van der Waals surface area contributed by atoms with Gasteiger partial charge in [0.15, 0.2) is 0 Å². The molecule has 144 valence electrons. The molecular weight excluding hydrogens is 434 g/mol. The summed E-state index contributed by atoms with van der Waals surface area (Å²) in [7, 11) is 0. The van der Waals surface area contributed by atoms with Crippen LogP contribution in [0, 0.1) is 0 Å². The summed E-state index contributed by atoms with van der Waals surface area (Å²) in [5.41, 5.74) is 3.29. The number of aromatic hydroxyl groups is 1. The number of nitrogens with one attached hydrogen (secondary N) is 1. The highest BCUT2D eigenvalue weighted by molar-refractivity contribution is 9.10. The van der Waals surface area contributed by atoms with E-state index in [1.54, 1.807) is 35.4 Å². The van der Waals surface area contributed by atoms with Crippen molar-refractivity contribution in [3.8, 4) is 17.0 Å². The van der Waals surface area contributed by atoms with Gasteiger partial charge in [0.1, 0.15) is 22.9 Å². The number of aromatic amines is 1. The molecule has 0 unspecified atom stereocenters. The van der Waals surface area contributed by atoms with Crippen molar-refractivity contribution in [1.29, 1.82) is 0 Å². The van der Waals surface area contributed by atoms with Crippen molar-refractivity contribution >= 4 is 21.8 Å². The molecule has 5 rings (SSSR count). The second-order valence-corrected chi connectivity index (χ2v) is 7.76. The van der Waals surface area contributed by atoms with Crippen LogP contribution < -0.4 is 0 Å². The van der Waals surface area contributed by atoms with E-state index in [2.05, 4.69) is 26.1 Å². The number of furan rings is 1. The summed E-state index contributed by atoms with van der Waals surface area (Å²) >= 11 is 3.47. The second-order valence-electron chi connectivity index (χ2n) is 6.84. The zero-order valence-corrected chi connectivity index (χ0v) is 16.8. The molecular formula is C22H16BrN3O3. The predicted molar refractivity (Wildman–Crippen MR) is 110 cm³/mol. The summed E-state index contributed by atoms with van der Waals surface area (Å²) in [5, 5.41) is 17.6. The van der Waals surface area contributed by atoms with Crippen LogP contribution in [-0.2, 0) is 6.54 Å². The van der Waals surface area contributed by atoms with Gasteiger partial charge in [-0.3, -0.25) is 9.89 Å². The van der Waals surface area contributed by atoms with E-state index in [0.29, 0.717) is 29.3 Å². The number of para-hydroxylation sites is 1. The Labute approximate surface area is 174 Å². The monoisotopic (exact) mass is 449 g/mol. The van der Waals surface area contributed by atoms with Crippen LogP contribution >= 0.6 is 15.9 Å². The minimum atomic E-state index is -0.357. The lowest BCUT2D eigenvalue weighted by Gasteiger charge is -2.25. The lowest BCUT2D eigenvalue weighted by Crippen LogP contribution is -2.28. The number of carbonyl (C=O) groups is 1. The van der Waals surface area contributed by atoms with Gasteiger partial charge in [0, 0.05) is 15.6 Å². The SMILES string of the molecule is O=C1c2[nH]nc(-c3ccccc3O)c2[C@H](c2ccc(Br)cc2)N1Cc1ccco1. The van der Waals surface area contributed by atoms with Gasteiger partial charge in [-0.2, -0.15) is 5.10 Å². The van der Waals surface area contributed by atoms with Crippen molar-refractivity contribution in [3.63, 3.8) is 0 Å². The molecule has 1 amide bonds. The molecule has 2 N–H and O–H groups in total. The summed E-state index contributed by atoms with van der Waals surface area (Å²) in [6.45, 7) is 0.329. The van der Waals surface area contributed by atoms with Crippen molar-refractivity contribution in [2.24, 2.45) is 0 Å². The number of hydrogen-bond acceptors (Lipinski definition) is 4. The zero-order chi connectivity index (χ0) is 20.0. The predicted octanol–water partition coefficient (Wildman–Crippen LogP) is 4.88. The smallest absolute Gasteiger partial charge is 0.273 e. The summed E-state index contributed by atoms with van der Waals surface area (Å²) < 4.78 is 6.44. The van der Waals surface area contributed by atoms with Crippen LogP contribution in [0.5, 0.6) is 5.75 Å². The fraction of sp³-hybridized carbons (Fsp3) is 0.0909. The van der Waals surface area contributed by atoms with Gasteiger partial charge in [-0.25, -0.2) is 0 Å². The maximum Gasteiger partial charge on any atom is 0.273 e. The van der Waals surface area contributed by atoms with Crippen molar-refractivity contribution in [1.82, 2.24) is 15.1 Å². The van der Waals surface area contributed by atoms with Crippen LogP contribution in [0.4, 0.5) is 0 Å². The number of fused-ring (bicyclic) bond motifs is 1. The third kappa shape index (κ3) is 2.94. The number of phenolic OH excluding ortho intramolecular Hbond substituents is 1. The molecule has 0 fully saturated rings. The van der Waals surface area contributed by atoms with Gasteiger partial charge in [0.2, 0.25) is 0 Å². The van der Waals surface area contributed by atoms with Crippen LogP contribution in [-0.4, -0.2) is 26.1 Å². The van der Waals surface area contributed by atoms with E-state index in [9.17, 15) is 9.90 Å². The van der Waals surface area contributed by atoms with Gasteiger partial charge in [-0.05, 0) is 42.0 Å². The molecule has 0 spiro atoms. The van der Waals surface area contributed by atoms with E-state index in [0.717, 1.165) is 15.6 Å². The number of amides is 1.